The molecule has 0 radical (unpaired) electrons. The third-order valence-corrected chi connectivity index (χ3v) is 2.82. The highest BCUT2D eigenvalue weighted by Gasteiger charge is 2.10. The molecule has 6 nitrogen and oxygen atoms in total. The number of anilines is 1. The number of benzene rings is 1. The Balaban J connectivity index is 2.13. The van der Waals surface area contributed by atoms with E-state index in [4.69, 9.17) is 4.74 Å². The summed E-state index contributed by atoms with van der Waals surface area (Å²) in [5.41, 5.74) is 1.72. The fourth-order valence-electron chi connectivity index (χ4n) is 1.80. The van der Waals surface area contributed by atoms with Gasteiger partial charge in [-0.05, 0) is 24.1 Å². The lowest BCUT2D eigenvalue weighted by atomic mass is 10.2. The third kappa shape index (κ3) is 4.45. The van der Waals surface area contributed by atoms with E-state index >= 15 is 0 Å². The van der Waals surface area contributed by atoms with Crippen molar-refractivity contribution in [1.29, 1.82) is 0 Å². The number of non-ortho nitro benzene ring substituents is 1. The summed E-state index contributed by atoms with van der Waals surface area (Å²) >= 11 is 0. The molecule has 0 amide bonds. The molecule has 0 saturated carbocycles. The Bertz CT molecular complexity index is 602. The fraction of sp³-hybridized carbons (Fsp3) is 0.267. The first kappa shape index (κ1) is 14.8. The minimum atomic E-state index is -0.420. The van der Waals surface area contributed by atoms with Gasteiger partial charge in [0.2, 0.25) is 0 Å². The maximum Gasteiger partial charge on any atom is 0.275 e. The van der Waals surface area contributed by atoms with Gasteiger partial charge in [0.25, 0.3) is 5.69 Å². The Hall–Kier alpha value is -2.63. The number of rotatable bonds is 7. The molecule has 0 saturated heterocycles. The Morgan fingerprint density at radius 3 is 2.71 bits per heavy atom. The minimum Gasteiger partial charge on any atom is -0.493 e. The first-order valence-electron chi connectivity index (χ1n) is 6.74. The summed E-state index contributed by atoms with van der Waals surface area (Å²) in [5, 5.41) is 14.1. The summed E-state index contributed by atoms with van der Waals surface area (Å²) in [5.74, 6) is 0.503. The van der Waals surface area contributed by atoms with Crippen molar-refractivity contribution >= 4 is 11.4 Å². The van der Waals surface area contributed by atoms with Crippen LogP contribution in [0.3, 0.4) is 0 Å². The number of nitrogens with zero attached hydrogens (tertiary/aromatic N) is 2. The van der Waals surface area contributed by atoms with Crippen LogP contribution in [0.2, 0.25) is 0 Å². The largest absolute Gasteiger partial charge is 0.493 e. The zero-order chi connectivity index (χ0) is 15.1. The Morgan fingerprint density at radius 1 is 1.29 bits per heavy atom. The Labute approximate surface area is 122 Å². The van der Waals surface area contributed by atoms with Gasteiger partial charge in [0.1, 0.15) is 5.75 Å². The summed E-state index contributed by atoms with van der Waals surface area (Å²) in [6.45, 7) is 3.09. The summed E-state index contributed by atoms with van der Waals surface area (Å²) in [6.07, 6.45) is 4.27. The van der Waals surface area contributed by atoms with Gasteiger partial charge in [-0.25, -0.2) is 0 Å². The fourth-order valence-corrected chi connectivity index (χ4v) is 1.80. The van der Waals surface area contributed by atoms with Gasteiger partial charge >= 0.3 is 0 Å². The molecule has 1 aromatic heterocycles. The molecular weight excluding hydrogens is 270 g/mol. The van der Waals surface area contributed by atoms with Gasteiger partial charge in [-0.1, -0.05) is 6.92 Å². The highest BCUT2D eigenvalue weighted by atomic mass is 16.6. The lowest BCUT2D eigenvalue weighted by Gasteiger charge is -2.10. The normalized spacial score (nSPS) is 10.1. The molecule has 1 N–H and O–H groups in total. The molecule has 0 fully saturated rings. The van der Waals surface area contributed by atoms with Crippen LogP contribution in [0.25, 0.3) is 0 Å². The van der Waals surface area contributed by atoms with Crippen molar-refractivity contribution in [3.8, 4) is 5.75 Å². The Kier molecular flexibility index (Phi) is 5.09. The highest BCUT2D eigenvalue weighted by molar-refractivity contribution is 5.56. The van der Waals surface area contributed by atoms with Gasteiger partial charge in [-0.3, -0.25) is 15.1 Å². The lowest BCUT2D eigenvalue weighted by Crippen LogP contribution is -2.02. The topological polar surface area (TPSA) is 77.3 Å². The van der Waals surface area contributed by atoms with Gasteiger partial charge in [0.15, 0.2) is 0 Å². The monoisotopic (exact) mass is 287 g/mol. The molecule has 6 heteroatoms. The van der Waals surface area contributed by atoms with Gasteiger partial charge in [-0.15, -0.1) is 0 Å². The summed E-state index contributed by atoms with van der Waals surface area (Å²) in [4.78, 5) is 14.5. The first-order valence-corrected chi connectivity index (χ1v) is 6.74. The number of aromatic nitrogens is 1. The molecule has 1 heterocycles. The molecule has 0 aliphatic carbocycles. The number of nitrogens with one attached hydrogen (secondary N) is 1. The van der Waals surface area contributed by atoms with Crippen LogP contribution in [0.15, 0.2) is 42.7 Å². The van der Waals surface area contributed by atoms with Crippen molar-refractivity contribution in [2.45, 2.75) is 19.9 Å². The quantitative estimate of drug-likeness (QED) is 0.624. The van der Waals surface area contributed by atoms with E-state index in [0.29, 0.717) is 24.6 Å². The molecule has 1 aromatic carbocycles. The zero-order valence-corrected chi connectivity index (χ0v) is 11.8. The number of ether oxygens (including phenoxy) is 1. The maximum atomic E-state index is 11.0. The van der Waals surface area contributed by atoms with Crippen LogP contribution >= 0.6 is 0 Å². The summed E-state index contributed by atoms with van der Waals surface area (Å²) < 4.78 is 5.48. The molecule has 2 rings (SSSR count). The number of hydrogen-bond donors (Lipinski definition) is 1. The second kappa shape index (κ2) is 7.23. The third-order valence-electron chi connectivity index (χ3n) is 2.82. The molecule has 0 aliphatic rings. The first-order chi connectivity index (χ1) is 10.2. The SMILES string of the molecule is CCCOc1cc(NCc2ccncc2)cc([N+](=O)[O-])c1. The number of pyridine rings is 1. The van der Waals surface area contributed by atoms with Gasteiger partial charge in [-0.2, -0.15) is 0 Å². The average Bonchev–Trinajstić information content (AvgIpc) is 2.51. The van der Waals surface area contributed by atoms with E-state index in [2.05, 4.69) is 10.3 Å². The van der Waals surface area contributed by atoms with Crippen LogP contribution in [0.1, 0.15) is 18.9 Å². The van der Waals surface area contributed by atoms with Crippen LogP contribution in [0.4, 0.5) is 11.4 Å². The van der Waals surface area contributed by atoms with Crippen LogP contribution in [-0.2, 0) is 6.54 Å². The predicted octanol–water partition coefficient (Wildman–Crippen LogP) is 3.39. The highest BCUT2D eigenvalue weighted by Crippen LogP contribution is 2.26. The maximum absolute atomic E-state index is 11.0. The smallest absolute Gasteiger partial charge is 0.275 e. The zero-order valence-electron chi connectivity index (χ0n) is 11.8. The molecule has 21 heavy (non-hydrogen) atoms. The second-order valence-electron chi connectivity index (χ2n) is 4.53. The van der Waals surface area contributed by atoms with E-state index < -0.39 is 4.92 Å². The number of nitro groups is 1. The van der Waals surface area contributed by atoms with Crippen molar-refractivity contribution < 1.29 is 9.66 Å². The van der Waals surface area contributed by atoms with E-state index in [9.17, 15) is 10.1 Å². The van der Waals surface area contributed by atoms with Crippen molar-refractivity contribution in [1.82, 2.24) is 4.98 Å². The average molecular weight is 287 g/mol. The van der Waals surface area contributed by atoms with Crippen LogP contribution in [0.5, 0.6) is 5.75 Å². The van der Waals surface area contributed by atoms with E-state index in [0.717, 1.165) is 12.0 Å². The van der Waals surface area contributed by atoms with E-state index in [1.54, 1.807) is 18.5 Å². The Morgan fingerprint density at radius 2 is 2.05 bits per heavy atom. The lowest BCUT2D eigenvalue weighted by molar-refractivity contribution is -0.384. The van der Waals surface area contributed by atoms with Crippen molar-refractivity contribution in [3.05, 3.63) is 58.4 Å². The predicted molar refractivity (Wildman–Crippen MR) is 80.4 cm³/mol. The van der Waals surface area contributed by atoms with E-state index in [1.165, 1.54) is 12.1 Å². The van der Waals surface area contributed by atoms with Crippen molar-refractivity contribution in [2.24, 2.45) is 0 Å². The second-order valence-corrected chi connectivity index (χ2v) is 4.53. The number of nitro benzene ring substituents is 1. The molecule has 0 unspecified atom stereocenters. The molecule has 2 aromatic rings. The van der Waals surface area contributed by atoms with E-state index in [1.807, 2.05) is 19.1 Å². The molecule has 0 bridgehead atoms. The molecule has 0 atom stereocenters. The molecule has 0 aliphatic heterocycles. The van der Waals surface area contributed by atoms with Crippen molar-refractivity contribution in [3.63, 3.8) is 0 Å². The van der Waals surface area contributed by atoms with Crippen LogP contribution < -0.4 is 10.1 Å². The summed E-state index contributed by atoms with van der Waals surface area (Å²) in [7, 11) is 0. The molecule has 0 spiro atoms. The number of hydrogen-bond acceptors (Lipinski definition) is 5. The van der Waals surface area contributed by atoms with Crippen LogP contribution in [-0.4, -0.2) is 16.5 Å². The van der Waals surface area contributed by atoms with Crippen molar-refractivity contribution in [2.75, 3.05) is 11.9 Å². The minimum absolute atomic E-state index is 0.0147. The van der Waals surface area contributed by atoms with E-state index in [-0.39, 0.29) is 5.69 Å². The van der Waals surface area contributed by atoms with Crippen LogP contribution in [0, 0.1) is 10.1 Å². The standard InChI is InChI=1S/C15H17N3O3/c1-2-7-21-15-9-13(8-14(10-15)18(19)20)17-11-12-3-5-16-6-4-12/h3-6,8-10,17H,2,7,11H2,1H3. The summed E-state index contributed by atoms with van der Waals surface area (Å²) in [6, 6.07) is 8.48. The molecular formula is C15H17N3O3. The van der Waals surface area contributed by atoms with Gasteiger partial charge < -0.3 is 10.1 Å². The van der Waals surface area contributed by atoms with Gasteiger partial charge in [0.05, 0.1) is 17.6 Å². The molecule has 110 valence electrons. The van der Waals surface area contributed by atoms with Gasteiger partial charge in [0, 0.05) is 36.8 Å².